The maximum atomic E-state index is 5.90. The second-order valence-electron chi connectivity index (χ2n) is 5.06. The molecule has 0 radical (unpaired) electrons. The Labute approximate surface area is 112 Å². The SMILES string of the molecule is Cc1ccc(-c2nc(N3CCC(N)C3)n[nH]2)c(C)n1. The van der Waals surface area contributed by atoms with Gasteiger partial charge in [0.15, 0.2) is 5.82 Å². The molecule has 0 aliphatic carbocycles. The Morgan fingerprint density at radius 3 is 2.84 bits per heavy atom. The molecule has 6 heteroatoms. The van der Waals surface area contributed by atoms with E-state index in [1.807, 2.05) is 26.0 Å². The molecule has 0 spiro atoms. The maximum absolute atomic E-state index is 5.90. The number of rotatable bonds is 2. The first-order valence-corrected chi connectivity index (χ1v) is 6.51. The van der Waals surface area contributed by atoms with Crippen molar-refractivity contribution >= 4 is 5.95 Å². The second-order valence-corrected chi connectivity index (χ2v) is 5.06. The highest BCUT2D eigenvalue weighted by atomic mass is 15.4. The van der Waals surface area contributed by atoms with Crippen LogP contribution in [0.5, 0.6) is 0 Å². The number of hydrogen-bond acceptors (Lipinski definition) is 5. The summed E-state index contributed by atoms with van der Waals surface area (Å²) in [5, 5.41) is 7.27. The first kappa shape index (κ1) is 12.1. The van der Waals surface area contributed by atoms with Gasteiger partial charge in [-0.2, -0.15) is 4.98 Å². The lowest BCUT2D eigenvalue weighted by Crippen LogP contribution is -2.26. The summed E-state index contributed by atoms with van der Waals surface area (Å²) in [5.74, 6) is 1.49. The summed E-state index contributed by atoms with van der Waals surface area (Å²) in [6.07, 6.45) is 0.995. The van der Waals surface area contributed by atoms with Crippen LogP contribution < -0.4 is 10.6 Å². The lowest BCUT2D eigenvalue weighted by molar-refractivity contribution is 0.750. The van der Waals surface area contributed by atoms with Crippen molar-refractivity contribution in [2.24, 2.45) is 5.73 Å². The number of H-pyrrole nitrogens is 1. The molecule has 1 fully saturated rings. The van der Waals surface area contributed by atoms with E-state index in [-0.39, 0.29) is 6.04 Å². The summed E-state index contributed by atoms with van der Waals surface area (Å²) in [7, 11) is 0. The fraction of sp³-hybridized carbons (Fsp3) is 0.462. The van der Waals surface area contributed by atoms with E-state index in [0.717, 1.165) is 48.2 Å². The van der Waals surface area contributed by atoms with E-state index in [1.165, 1.54) is 0 Å². The van der Waals surface area contributed by atoms with Crippen LogP contribution in [-0.2, 0) is 0 Å². The molecule has 2 aromatic heterocycles. The maximum Gasteiger partial charge on any atom is 0.245 e. The van der Waals surface area contributed by atoms with Gasteiger partial charge in [-0.1, -0.05) is 0 Å². The third-order valence-electron chi connectivity index (χ3n) is 3.46. The lowest BCUT2D eigenvalue weighted by atomic mass is 10.2. The van der Waals surface area contributed by atoms with Crippen LogP contribution >= 0.6 is 0 Å². The molecule has 1 atom stereocenters. The highest BCUT2D eigenvalue weighted by Gasteiger charge is 2.22. The van der Waals surface area contributed by atoms with Crippen molar-refractivity contribution < 1.29 is 0 Å². The average molecular weight is 258 g/mol. The summed E-state index contributed by atoms with van der Waals surface area (Å²) in [5.41, 5.74) is 8.86. The molecule has 1 saturated heterocycles. The Kier molecular flexibility index (Phi) is 2.94. The average Bonchev–Trinajstić information content (AvgIpc) is 2.97. The molecule has 1 aliphatic heterocycles. The van der Waals surface area contributed by atoms with E-state index in [2.05, 4.69) is 25.1 Å². The smallest absolute Gasteiger partial charge is 0.245 e. The molecule has 0 amide bonds. The highest BCUT2D eigenvalue weighted by Crippen LogP contribution is 2.22. The zero-order valence-electron chi connectivity index (χ0n) is 11.2. The Hall–Kier alpha value is -1.95. The number of anilines is 1. The number of aromatic amines is 1. The number of nitrogens with zero attached hydrogens (tertiary/aromatic N) is 4. The van der Waals surface area contributed by atoms with E-state index in [9.17, 15) is 0 Å². The van der Waals surface area contributed by atoms with Crippen molar-refractivity contribution in [3.63, 3.8) is 0 Å². The Bertz CT molecular complexity index is 591. The minimum Gasteiger partial charge on any atom is -0.338 e. The molecule has 3 rings (SSSR count). The van der Waals surface area contributed by atoms with Gasteiger partial charge in [-0.05, 0) is 32.4 Å². The first-order valence-electron chi connectivity index (χ1n) is 6.51. The van der Waals surface area contributed by atoms with Crippen molar-refractivity contribution in [3.8, 4) is 11.4 Å². The number of hydrogen-bond donors (Lipinski definition) is 2. The summed E-state index contributed by atoms with van der Waals surface area (Å²) in [4.78, 5) is 11.1. The molecule has 0 saturated carbocycles. The monoisotopic (exact) mass is 258 g/mol. The van der Waals surface area contributed by atoms with Crippen molar-refractivity contribution in [1.82, 2.24) is 20.2 Å². The topological polar surface area (TPSA) is 83.7 Å². The van der Waals surface area contributed by atoms with Crippen LogP contribution in [0.15, 0.2) is 12.1 Å². The van der Waals surface area contributed by atoms with Crippen molar-refractivity contribution in [3.05, 3.63) is 23.5 Å². The van der Waals surface area contributed by atoms with Crippen LogP contribution in [0, 0.1) is 13.8 Å². The second kappa shape index (κ2) is 4.62. The minimum atomic E-state index is 0.227. The molecule has 0 bridgehead atoms. The van der Waals surface area contributed by atoms with Gasteiger partial charge in [0.25, 0.3) is 0 Å². The van der Waals surface area contributed by atoms with Crippen molar-refractivity contribution in [1.29, 1.82) is 0 Å². The molecule has 3 heterocycles. The van der Waals surface area contributed by atoms with E-state index in [1.54, 1.807) is 0 Å². The minimum absolute atomic E-state index is 0.227. The Morgan fingerprint density at radius 2 is 2.16 bits per heavy atom. The standard InChI is InChI=1S/C13H18N6/c1-8-3-4-11(9(2)15-8)12-16-13(18-17-12)19-6-5-10(14)7-19/h3-4,10H,5-7,14H2,1-2H3,(H,16,17,18). The Balaban J connectivity index is 1.88. The third kappa shape index (κ3) is 2.31. The predicted octanol–water partition coefficient (Wildman–Crippen LogP) is 1.02. The molecular weight excluding hydrogens is 240 g/mol. The lowest BCUT2D eigenvalue weighted by Gasteiger charge is -2.11. The number of nitrogens with two attached hydrogens (primary N) is 1. The number of aromatic nitrogens is 4. The molecule has 2 aromatic rings. The van der Waals surface area contributed by atoms with Gasteiger partial charge in [-0.25, -0.2) is 0 Å². The van der Waals surface area contributed by atoms with E-state index in [4.69, 9.17) is 5.73 Å². The van der Waals surface area contributed by atoms with Gasteiger partial charge < -0.3 is 10.6 Å². The van der Waals surface area contributed by atoms with Crippen LogP contribution in [0.4, 0.5) is 5.95 Å². The fourth-order valence-corrected chi connectivity index (χ4v) is 2.42. The number of nitrogens with one attached hydrogen (secondary N) is 1. The number of aryl methyl sites for hydroxylation is 2. The van der Waals surface area contributed by atoms with Gasteiger partial charge in [0.2, 0.25) is 5.95 Å². The Morgan fingerprint density at radius 1 is 1.32 bits per heavy atom. The molecule has 1 aliphatic rings. The summed E-state index contributed by atoms with van der Waals surface area (Å²) in [6.45, 7) is 5.70. The van der Waals surface area contributed by atoms with Gasteiger partial charge in [0.1, 0.15) is 0 Å². The van der Waals surface area contributed by atoms with Gasteiger partial charge >= 0.3 is 0 Å². The summed E-state index contributed by atoms with van der Waals surface area (Å²) in [6, 6.07) is 4.23. The van der Waals surface area contributed by atoms with Crippen LogP contribution in [0.3, 0.4) is 0 Å². The third-order valence-corrected chi connectivity index (χ3v) is 3.46. The van der Waals surface area contributed by atoms with Gasteiger partial charge in [0, 0.05) is 36.1 Å². The highest BCUT2D eigenvalue weighted by molar-refractivity contribution is 5.59. The summed E-state index contributed by atoms with van der Waals surface area (Å²) >= 11 is 0. The van der Waals surface area contributed by atoms with Gasteiger partial charge in [0.05, 0.1) is 0 Å². The van der Waals surface area contributed by atoms with Crippen molar-refractivity contribution in [2.75, 3.05) is 18.0 Å². The zero-order chi connectivity index (χ0) is 13.4. The first-order chi connectivity index (χ1) is 9.13. The molecule has 19 heavy (non-hydrogen) atoms. The van der Waals surface area contributed by atoms with Crippen LogP contribution in [-0.4, -0.2) is 39.3 Å². The normalized spacial score (nSPS) is 19.1. The van der Waals surface area contributed by atoms with Crippen molar-refractivity contribution in [2.45, 2.75) is 26.3 Å². The zero-order valence-corrected chi connectivity index (χ0v) is 11.2. The molecule has 100 valence electrons. The molecular formula is C13H18N6. The molecule has 3 N–H and O–H groups in total. The fourth-order valence-electron chi connectivity index (χ4n) is 2.42. The predicted molar refractivity (Wildman–Crippen MR) is 73.9 cm³/mol. The van der Waals surface area contributed by atoms with Crippen LogP contribution in [0.25, 0.3) is 11.4 Å². The van der Waals surface area contributed by atoms with Crippen LogP contribution in [0.2, 0.25) is 0 Å². The quantitative estimate of drug-likeness (QED) is 0.840. The largest absolute Gasteiger partial charge is 0.338 e. The van der Waals surface area contributed by atoms with E-state index < -0.39 is 0 Å². The molecule has 6 nitrogen and oxygen atoms in total. The molecule has 1 unspecified atom stereocenters. The summed E-state index contributed by atoms with van der Waals surface area (Å²) < 4.78 is 0. The van der Waals surface area contributed by atoms with Crippen LogP contribution in [0.1, 0.15) is 17.8 Å². The van der Waals surface area contributed by atoms with Gasteiger partial charge in [-0.3, -0.25) is 10.1 Å². The van der Waals surface area contributed by atoms with E-state index >= 15 is 0 Å². The van der Waals surface area contributed by atoms with E-state index in [0.29, 0.717) is 0 Å². The number of pyridine rings is 1. The molecule has 0 aromatic carbocycles. The van der Waals surface area contributed by atoms with Gasteiger partial charge in [-0.15, -0.1) is 5.10 Å².